The maximum Gasteiger partial charge on any atom is 0.136 e. The van der Waals surface area contributed by atoms with Gasteiger partial charge in [-0.2, -0.15) is 0 Å². The molecule has 2 atom stereocenters. The quantitative estimate of drug-likeness (QED) is 0.178. The van der Waals surface area contributed by atoms with Crippen LogP contribution in [0.25, 0.3) is 0 Å². The maximum atomic E-state index is 9.41. The van der Waals surface area contributed by atoms with Crippen molar-refractivity contribution in [1.82, 2.24) is 9.80 Å². The number of aliphatic hydroxyl groups excluding tert-OH is 6. The van der Waals surface area contributed by atoms with Gasteiger partial charge >= 0.3 is 0 Å². The summed E-state index contributed by atoms with van der Waals surface area (Å²) in [5.74, 6) is 0. The van der Waals surface area contributed by atoms with Gasteiger partial charge in [-0.3, -0.25) is 9.80 Å². The summed E-state index contributed by atoms with van der Waals surface area (Å²) < 4.78 is 5.59. The Morgan fingerprint density at radius 3 is 1.05 bits per heavy atom. The minimum atomic E-state index is -0.818. The van der Waals surface area contributed by atoms with Gasteiger partial charge in [0.05, 0.1) is 39.6 Å². The zero-order valence-electron chi connectivity index (χ0n) is 12.2. The van der Waals surface area contributed by atoms with E-state index < -0.39 is 12.5 Å². The normalized spacial score (nSPS) is 14.9. The average molecular weight is 312 g/mol. The molecule has 0 spiro atoms. The van der Waals surface area contributed by atoms with Gasteiger partial charge in [0, 0.05) is 26.2 Å². The number of nitrogens with zero attached hydrogens (tertiary/aromatic N) is 2. The first-order chi connectivity index (χ1) is 10.2. The summed E-state index contributed by atoms with van der Waals surface area (Å²) >= 11 is 0. The lowest BCUT2D eigenvalue weighted by Crippen LogP contribution is -2.51. The lowest BCUT2D eigenvalue weighted by atomic mass is 10.4. The van der Waals surface area contributed by atoms with Crippen molar-refractivity contribution in [2.45, 2.75) is 12.5 Å². The van der Waals surface area contributed by atoms with E-state index >= 15 is 0 Å². The van der Waals surface area contributed by atoms with Crippen LogP contribution in [0.4, 0.5) is 0 Å². The van der Waals surface area contributed by atoms with Crippen LogP contribution in [0.3, 0.4) is 0 Å². The zero-order chi connectivity index (χ0) is 16.1. The van der Waals surface area contributed by atoms with Crippen molar-refractivity contribution in [2.75, 3.05) is 65.8 Å². The molecule has 0 aromatic heterocycles. The van der Waals surface area contributed by atoms with E-state index in [4.69, 9.17) is 25.2 Å². The summed E-state index contributed by atoms with van der Waals surface area (Å²) in [7, 11) is 0. The molecule has 9 nitrogen and oxygen atoms in total. The van der Waals surface area contributed by atoms with E-state index in [9.17, 15) is 10.2 Å². The maximum absolute atomic E-state index is 9.41. The van der Waals surface area contributed by atoms with Crippen molar-refractivity contribution in [3.05, 3.63) is 0 Å². The fourth-order valence-electron chi connectivity index (χ4n) is 1.98. The van der Waals surface area contributed by atoms with Crippen LogP contribution in [-0.2, 0) is 4.74 Å². The number of ether oxygens (including phenoxy) is 1. The lowest BCUT2D eigenvalue weighted by molar-refractivity contribution is -0.186. The topological polar surface area (TPSA) is 137 Å². The standard InChI is InChI=1S/C12H28N2O7/c15-5-1-13(2-6-16)11(9-19)21-12(10-20)14(3-7-17)4-8-18/h11-12,15-20H,1-10H2. The van der Waals surface area contributed by atoms with Crippen LogP contribution in [-0.4, -0.2) is 119 Å². The second-order valence-electron chi connectivity index (χ2n) is 4.38. The van der Waals surface area contributed by atoms with Gasteiger partial charge in [0.1, 0.15) is 12.5 Å². The predicted octanol–water partition coefficient (Wildman–Crippen LogP) is -3.79. The molecule has 9 heteroatoms. The monoisotopic (exact) mass is 312 g/mol. The second-order valence-corrected chi connectivity index (χ2v) is 4.38. The highest BCUT2D eigenvalue weighted by Gasteiger charge is 2.25. The van der Waals surface area contributed by atoms with E-state index in [1.165, 1.54) is 0 Å². The molecule has 0 heterocycles. The Labute approximate surface area is 124 Å². The summed E-state index contributed by atoms with van der Waals surface area (Å²) in [6.07, 6.45) is -1.64. The molecule has 0 amide bonds. The Kier molecular flexibility index (Phi) is 13.1. The van der Waals surface area contributed by atoms with Crippen molar-refractivity contribution >= 4 is 0 Å². The molecule has 0 rings (SSSR count). The molecule has 0 bridgehead atoms. The molecular formula is C12H28N2O7. The Hall–Kier alpha value is -0.360. The van der Waals surface area contributed by atoms with Crippen molar-refractivity contribution in [3.63, 3.8) is 0 Å². The summed E-state index contributed by atoms with van der Waals surface area (Å²) in [5, 5.41) is 54.8. The second kappa shape index (κ2) is 13.3. The molecule has 0 aliphatic heterocycles. The third kappa shape index (κ3) is 8.00. The molecule has 2 unspecified atom stereocenters. The van der Waals surface area contributed by atoms with Crippen LogP contribution in [0.1, 0.15) is 0 Å². The third-order valence-electron chi connectivity index (χ3n) is 2.99. The van der Waals surface area contributed by atoms with Crippen molar-refractivity contribution in [3.8, 4) is 0 Å². The molecule has 6 N–H and O–H groups in total. The third-order valence-corrected chi connectivity index (χ3v) is 2.99. The highest BCUT2D eigenvalue weighted by Crippen LogP contribution is 2.08. The fourth-order valence-corrected chi connectivity index (χ4v) is 1.98. The average Bonchev–Trinajstić information content (AvgIpc) is 2.48. The predicted molar refractivity (Wildman–Crippen MR) is 74.3 cm³/mol. The van der Waals surface area contributed by atoms with Crippen LogP contribution < -0.4 is 0 Å². The molecule has 0 radical (unpaired) electrons. The van der Waals surface area contributed by atoms with Gasteiger partial charge < -0.3 is 35.4 Å². The lowest BCUT2D eigenvalue weighted by Gasteiger charge is -2.36. The molecule has 0 saturated carbocycles. The molecule has 0 aliphatic carbocycles. The molecule has 0 saturated heterocycles. The first kappa shape index (κ1) is 20.6. The largest absolute Gasteiger partial charge is 0.395 e. The van der Waals surface area contributed by atoms with E-state index in [1.54, 1.807) is 9.80 Å². The van der Waals surface area contributed by atoms with Crippen LogP contribution in [0.5, 0.6) is 0 Å². The highest BCUT2D eigenvalue weighted by atomic mass is 16.5. The number of hydrogen-bond acceptors (Lipinski definition) is 9. The summed E-state index contributed by atoms with van der Waals surface area (Å²) in [6, 6.07) is 0. The number of hydrogen-bond donors (Lipinski definition) is 6. The van der Waals surface area contributed by atoms with E-state index in [0.717, 1.165) is 0 Å². The van der Waals surface area contributed by atoms with Gasteiger partial charge in [-0.1, -0.05) is 0 Å². The molecular weight excluding hydrogens is 284 g/mol. The zero-order valence-corrected chi connectivity index (χ0v) is 12.2. The number of rotatable bonds is 14. The minimum Gasteiger partial charge on any atom is -0.395 e. The van der Waals surface area contributed by atoms with Crippen LogP contribution in [0.15, 0.2) is 0 Å². The molecule has 0 aromatic rings. The van der Waals surface area contributed by atoms with Crippen LogP contribution in [0.2, 0.25) is 0 Å². The summed E-state index contributed by atoms with van der Waals surface area (Å²) in [5.41, 5.74) is 0. The van der Waals surface area contributed by atoms with Crippen LogP contribution >= 0.6 is 0 Å². The van der Waals surface area contributed by atoms with Gasteiger partial charge in [-0.15, -0.1) is 0 Å². The molecule has 21 heavy (non-hydrogen) atoms. The Morgan fingerprint density at radius 2 is 0.857 bits per heavy atom. The van der Waals surface area contributed by atoms with E-state index in [1.807, 2.05) is 0 Å². The molecule has 0 aromatic carbocycles. The van der Waals surface area contributed by atoms with Crippen LogP contribution in [0, 0.1) is 0 Å². The van der Waals surface area contributed by atoms with Gasteiger partial charge in [-0.25, -0.2) is 0 Å². The van der Waals surface area contributed by atoms with E-state index in [-0.39, 0.29) is 65.8 Å². The molecule has 128 valence electrons. The SMILES string of the molecule is OCCN(CCO)C(CO)OC(CO)N(CCO)CCO. The van der Waals surface area contributed by atoms with Crippen molar-refractivity contribution < 1.29 is 35.4 Å². The van der Waals surface area contributed by atoms with Gasteiger partial charge in [-0.05, 0) is 0 Å². The van der Waals surface area contributed by atoms with E-state index in [2.05, 4.69) is 0 Å². The Bertz CT molecular complexity index is 202. The van der Waals surface area contributed by atoms with Crippen molar-refractivity contribution in [1.29, 1.82) is 0 Å². The van der Waals surface area contributed by atoms with Gasteiger partial charge in [0.15, 0.2) is 0 Å². The summed E-state index contributed by atoms with van der Waals surface area (Å²) in [4.78, 5) is 3.08. The minimum absolute atomic E-state index is 0.166. The first-order valence-corrected chi connectivity index (χ1v) is 6.97. The smallest absolute Gasteiger partial charge is 0.136 e. The molecule has 0 fully saturated rings. The van der Waals surface area contributed by atoms with E-state index in [0.29, 0.717) is 0 Å². The Balaban J connectivity index is 4.75. The number of aliphatic hydroxyl groups is 6. The summed E-state index contributed by atoms with van der Waals surface area (Å²) in [6.45, 7) is -0.643. The van der Waals surface area contributed by atoms with Gasteiger partial charge in [0.25, 0.3) is 0 Å². The Morgan fingerprint density at radius 1 is 0.571 bits per heavy atom. The first-order valence-electron chi connectivity index (χ1n) is 6.97. The van der Waals surface area contributed by atoms with Crippen molar-refractivity contribution in [2.24, 2.45) is 0 Å². The highest BCUT2D eigenvalue weighted by molar-refractivity contribution is 4.68. The fraction of sp³-hybridized carbons (Fsp3) is 1.00. The van der Waals surface area contributed by atoms with Gasteiger partial charge in [0.2, 0.25) is 0 Å². The molecule has 0 aliphatic rings.